The van der Waals surface area contributed by atoms with Gasteiger partial charge in [0.15, 0.2) is 9.84 Å². The molecule has 2 amide bonds. The molecule has 0 aromatic heterocycles. The zero-order valence-electron chi connectivity index (χ0n) is 14.9. The summed E-state index contributed by atoms with van der Waals surface area (Å²) < 4.78 is 23.5. The van der Waals surface area contributed by atoms with E-state index in [9.17, 15) is 18.0 Å². The van der Waals surface area contributed by atoms with Crippen LogP contribution in [0.25, 0.3) is 0 Å². The van der Waals surface area contributed by atoms with Gasteiger partial charge >= 0.3 is 0 Å². The average Bonchev–Trinajstić information content (AvgIpc) is 2.56. The van der Waals surface area contributed by atoms with Gasteiger partial charge in [0.1, 0.15) is 0 Å². The van der Waals surface area contributed by atoms with Crippen molar-refractivity contribution in [2.75, 3.05) is 37.0 Å². The fourth-order valence-electron chi connectivity index (χ4n) is 2.36. The van der Waals surface area contributed by atoms with Crippen molar-refractivity contribution in [2.45, 2.75) is 4.90 Å². The predicted molar refractivity (Wildman–Crippen MR) is 106 cm³/mol. The fourth-order valence-corrected chi connectivity index (χ4v) is 3.33. The number of carbonyl (C=O) groups excluding carboxylic acids is 2. The molecule has 0 fully saturated rings. The highest BCUT2D eigenvalue weighted by Gasteiger charge is 2.16. The summed E-state index contributed by atoms with van der Waals surface area (Å²) >= 11 is 5.79. The number of benzene rings is 2. The first-order valence-electron chi connectivity index (χ1n) is 7.98. The highest BCUT2D eigenvalue weighted by molar-refractivity contribution is 7.90. The second kappa shape index (κ2) is 8.98. The number of rotatable bonds is 7. The Bertz CT molecular complexity index is 930. The van der Waals surface area contributed by atoms with E-state index < -0.39 is 15.7 Å². The number of halogens is 1. The number of anilines is 2. The van der Waals surface area contributed by atoms with Crippen LogP contribution in [0.2, 0.25) is 5.02 Å². The maximum absolute atomic E-state index is 12.2. The van der Waals surface area contributed by atoms with Gasteiger partial charge in [-0.15, -0.1) is 0 Å². The summed E-state index contributed by atoms with van der Waals surface area (Å²) in [7, 11) is -1.85. The topological polar surface area (TPSA) is 95.6 Å². The molecule has 0 saturated carbocycles. The Labute approximate surface area is 163 Å². The van der Waals surface area contributed by atoms with Gasteiger partial charge in [-0.25, -0.2) is 8.42 Å². The quantitative estimate of drug-likeness (QED) is 0.731. The highest BCUT2D eigenvalue weighted by atomic mass is 35.5. The molecule has 2 aromatic carbocycles. The van der Waals surface area contributed by atoms with E-state index in [0.717, 1.165) is 6.26 Å². The monoisotopic (exact) mass is 409 g/mol. The van der Waals surface area contributed by atoms with Crippen molar-refractivity contribution >= 4 is 44.6 Å². The summed E-state index contributed by atoms with van der Waals surface area (Å²) in [4.78, 5) is 25.8. The van der Waals surface area contributed by atoms with Crippen LogP contribution in [-0.4, -0.2) is 51.5 Å². The fraction of sp³-hybridized carbons (Fsp3) is 0.222. The first kappa shape index (κ1) is 20.9. The van der Waals surface area contributed by atoms with Gasteiger partial charge in [0, 0.05) is 17.0 Å². The number of sulfone groups is 1. The van der Waals surface area contributed by atoms with E-state index >= 15 is 0 Å². The van der Waals surface area contributed by atoms with Crippen LogP contribution in [-0.2, 0) is 19.4 Å². The zero-order valence-corrected chi connectivity index (χ0v) is 16.5. The molecule has 2 rings (SSSR count). The van der Waals surface area contributed by atoms with Crippen LogP contribution in [0.5, 0.6) is 0 Å². The second-order valence-corrected chi connectivity index (χ2v) is 8.46. The molecule has 0 aliphatic heterocycles. The van der Waals surface area contributed by atoms with Crippen molar-refractivity contribution in [3.8, 4) is 0 Å². The van der Waals surface area contributed by atoms with E-state index in [1.165, 1.54) is 17.0 Å². The largest absolute Gasteiger partial charge is 0.325 e. The van der Waals surface area contributed by atoms with Gasteiger partial charge in [0.25, 0.3) is 0 Å². The minimum Gasteiger partial charge on any atom is -0.325 e. The van der Waals surface area contributed by atoms with Gasteiger partial charge in [-0.2, -0.15) is 0 Å². The van der Waals surface area contributed by atoms with E-state index in [4.69, 9.17) is 11.6 Å². The molecule has 0 saturated heterocycles. The number of hydrogen-bond acceptors (Lipinski definition) is 5. The summed E-state index contributed by atoms with van der Waals surface area (Å²) in [5.41, 5.74) is 0.813. The van der Waals surface area contributed by atoms with Crippen molar-refractivity contribution < 1.29 is 18.0 Å². The van der Waals surface area contributed by atoms with Gasteiger partial charge in [-0.3, -0.25) is 14.5 Å². The third kappa shape index (κ3) is 6.67. The normalized spacial score (nSPS) is 11.3. The van der Waals surface area contributed by atoms with Crippen LogP contribution in [0.4, 0.5) is 11.4 Å². The summed E-state index contributed by atoms with van der Waals surface area (Å²) in [6.45, 7) is -0.0874. The molecule has 9 heteroatoms. The minimum absolute atomic E-state index is 0.0101. The molecule has 0 aliphatic carbocycles. The molecule has 2 N–H and O–H groups in total. The van der Waals surface area contributed by atoms with Crippen LogP contribution in [0.15, 0.2) is 53.4 Å². The first-order chi connectivity index (χ1) is 12.6. The summed E-state index contributed by atoms with van der Waals surface area (Å²) in [5.74, 6) is -0.711. The summed E-state index contributed by atoms with van der Waals surface area (Å²) in [6.07, 6.45) is 1.07. The zero-order chi connectivity index (χ0) is 20.0. The smallest absolute Gasteiger partial charge is 0.238 e. The van der Waals surface area contributed by atoms with Gasteiger partial charge in [0.05, 0.1) is 23.7 Å². The lowest BCUT2D eigenvalue weighted by Gasteiger charge is -2.17. The van der Waals surface area contributed by atoms with Crippen molar-refractivity contribution in [3.63, 3.8) is 0 Å². The Balaban J connectivity index is 1.90. The van der Waals surface area contributed by atoms with Crippen LogP contribution in [0.1, 0.15) is 0 Å². The Morgan fingerprint density at radius 3 is 2.11 bits per heavy atom. The number of likely N-dealkylation sites (N-methyl/N-ethyl adjacent to an activating group) is 1. The summed E-state index contributed by atoms with van der Waals surface area (Å²) in [6, 6.07) is 12.8. The Hall–Kier alpha value is -2.42. The van der Waals surface area contributed by atoms with Gasteiger partial charge in [-0.1, -0.05) is 23.7 Å². The van der Waals surface area contributed by atoms with Crippen molar-refractivity contribution in [1.29, 1.82) is 0 Å². The van der Waals surface area contributed by atoms with Crippen molar-refractivity contribution in [3.05, 3.63) is 53.6 Å². The van der Waals surface area contributed by atoms with E-state index in [-0.39, 0.29) is 29.6 Å². The maximum atomic E-state index is 12.2. The number of carbonyl (C=O) groups is 2. The highest BCUT2D eigenvalue weighted by Crippen LogP contribution is 2.20. The third-order valence-corrected chi connectivity index (χ3v) is 4.92. The molecule has 144 valence electrons. The molecule has 0 unspecified atom stereocenters. The Morgan fingerprint density at radius 2 is 1.52 bits per heavy atom. The second-order valence-electron chi connectivity index (χ2n) is 6.04. The number of hydrogen-bond donors (Lipinski definition) is 2. The average molecular weight is 410 g/mol. The molecule has 2 aromatic rings. The molecule has 0 radical (unpaired) electrons. The number of para-hydroxylation sites is 1. The van der Waals surface area contributed by atoms with Crippen LogP contribution < -0.4 is 10.6 Å². The molecular formula is C18H20ClN3O4S. The lowest BCUT2D eigenvalue weighted by Crippen LogP contribution is -2.36. The van der Waals surface area contributed by atoms with Crippen LogP contribution >= 0.6 is 11.6 Å². The lowest BCUT2D eigenvalue weighted by molar-refractivity contribution is -0.119. The van der Waals surface area contributed by atoms with Crippen LogP contribution in [0.3, 0.4) is 0 Å². The van der Waals surface area contributed by atoms with E-state index in [0.29, 0.717) is 10.7 Å². The van der Waals surface area contributed by atoms with Crippen molar-refractivity contribution in [2.24, 2.45) is 0 Å². The van der Waals surface area contributed by atoms with Crippen LogP contribution in [0, 0.1) is 0 Å². The first-order valence-corrected chi connectivity index (χ1v) is 10.2. The predicted octanol–water partition coefficient (Wildman–Crippen LogP) is 2.25. The maximum Gasteiger partial charge on any atom is 0.238 e. The molecular weight excluding hydrogens is 390 g/mol. The standard InChI is InChI=1S/C18H20ClN3O4S/c1-22(11-17(23)20-14-9-7-13(19)8-10-14)12-18(24)21-15-5-3-4-6-16(15)27(2,25)26/h3-10H,11-12H2,1-2H3,(H,20,23)(H,21,24). The third-order valence-electron chi connectivity index (χ3n) is 3.52. The Kier molecular flexibility index (Phi) is 6.95. The summed E-state index contributed by atoms with van der Waals surface area (Å²) in [5, 5.41) is 5.84. The van der Waals surface area contributed by atoms with E-state index in [1.54, 1.807) is 43.4 Å². The van der Waals surface area contributed by atoms with Gasteiger partial charge in [-0.05, 0) is 43.4 Å². The van der Waals surface area contributed by atoms with Crippen molar-refractivity contribution in [1.82, 2.24) is 4.90 Å². The minimum atomic E-state index is -3.47. The number of nitrogens with one attached hydrogen (secondary N) is 2. The van der Waals surface area contributed by atoms with Gasteiger partial charge in [0.2, 0.25) is 11.8 Å². The molecule has 0 aliphatic rings. The number of amides is 2. The number of nitrogens with zero attached hydrogens (tertiary/aromatic N) is 1. The Morgan fingerprint density at radius 1 is 0.963 bits per heavy atom. The molecule has 0 bridgehead atoms. The van der Waals surface area contributed by atoms with Gasteiger partial charge < -0.3 is 10.6 Å². The van der Waals surface area contributed by atoms with E-state index in [2.05, 4.69) is 10.6 Å². The lowest BCUT2D eigenvalue weighted by atomic mass is 10.3. The molecule has 27 heavy (non-hydrogen) atoms. The molecule has 0 heterocycles. The molecule has 0 spiro atoms. The molecule has 7 nitrogen and oxygen atoms in total. The SMILES string of the molecule is CN(CC(=O)Nc1ccc(Cl)cc1)CC(=O)Nc1ccccc1S(C)(=O)=O. The molecule has 0 atom stereocenters. The van der Waals surface area contributed by atoms with E-state index in [1.807, 2.05) is 0 Å².